The first-order chi connectivity index (χ1) is 17.2. The Morgan fingerprint density at radius 2 is 1.61 bits per heavy atom. The van der Waals surface area contributed by atoms with E-state index in [-0.39, 0.29) is 41.8 Å². The molecule has 10 heteroatoms. The summed E-state index contributed by atoms with van der Waals surface area (Å²) >= 11 is 0. The van der Waals surface area contributed by atoms with Gasteiger partial charge in [0.25, 0.3) is 11.5 Å². The van der Waals surface area contributed by atoms with Crippen molar-refractivity contribution in [3.05, 3.63) is 68.4 Å². The van der Waals surface area contributed by atoms with Gasteiger partial charge in [-0.05, 0) is 44.0 Å². The summed E-state index contributed by atoms with van der Waals surface area (Å²) in [4.78, 5) is 51.7. The molecule has 0 saturated heterocycles. The second kappa shape index (κ2) is 11.6. The van der Waals surface area contributed by atoms with Crippen LogP contribution in [-0.4, -0.2) is 47.8 Å². The van der Waals surface area contributed by atoms with Gasteiger partial charge in [0.2, 0.25) is 5.91 Å². The Balaban J connectivity index is 2.11. The van der Waals surface area contributed by atoms with Crippen LogP contribution in [0.2, 0.25) is 0 Å². The van der Waals surface area contributed by atoms with Crippen LogP contribution >= 0.6 is 0 Å². The zero-order chi connectivity index (χ0) is 26.4. The topological polar surface area (TPSA) is 121 Å². The first-order valence-electron chi connectivity index (χ1n) is 11.8. The summed E-state index contributed by atoms with van der Waals surface area (Å²) in [6.45, 7) is 5.84. The molecular weight excluding hydrogens is 464 g/mol. The number of benzene rings is 2. The largest absolute Gasteiger partial charge is 0.493 e. The average molecular weight is 497 g/mol. The van der Waals surface area contributed by atoms with Gasteiger partial charge in [-0.15, -0.1) is 0 Å². The number of nitrogens with one attached hydrogen (secondary N) is 2. The van der Waals surface area contributed by atoms with Gasteiger partial charge < -0.3 is 20.1 Å². The molecule has 0 aliphatic carbocycles. The molecule has 192 valence electrons. The van der Waals surface area contributed by atoms with Gasteiger partial charge in [0.1, 0.15) is 6.54 Å². The highest BCUT2D eigenvalue weighted by molar-refractivity contribution is 5.94. The van der Waals surface area contributed by atoms with Crippen molar-refractivity contribution in [3.8, 4) is 11.5 Å². The van der Waals surface area contributed by atoms with E-state index in [1.54, 1.807) is 24.3 Å². The fraction of sp³-hybridized carbons (Fsp3) is 0.385. The molecule has 1 heterocycles. The molecule has 0 aliphatic heterocycles. The summed E-state index contributed by atoms with van der Waals surface area (Å²) in [5.41, 5.74) is 0.235. The van der Waals surface area contributed by atoms with E-state index in [1.165, 1.54) is 30.9 Å². The normalized spacial score (nSPS) is 10.9. The highest BCUT2D eigenvalue weighted by Crippen LogP contribution is 2.30. The van der Waals surface area contributed by atoms with Crippen molar-refractivity contribution in [2.75, 3.05) is 20.8 Å². The van der Waals surface area contributed by atoms with Crippen LogP contribution in [0.5, 0.6) is 11.5 Å². The van der Waals surface area contributed by atoms with Gasteiger partial charge in [0.15, 0.2) is 11.5 Å². The number of nitrogens with zero attached hydrogens (tertiary/aromatic N) is 2. The standard InChI is InChI=1S/C26H32N4O6/c1-6-11-27-23(31)15-29-20-13-22(36-5)21(35-4)12-19(20)25(33)30(26(29)34)14-17-7-9-18(10-8-17)24(32)28-16(2)3/h7-10,12-13,16H,6,11,14-15H2,1-5H3,(H,27,31)(H,28,32). The van der Waals surface area contributed by atoms with Crippen molar-refractivity contribution in [2.24, 2.45) is 0 Å². The summed E-state index contributed by atoms with van der Waals surface area (Å²) in [5.74, 6) is 0.107. The minimum absolute atomic E-state index is 0.00281. The average Bonchev–Trinajstić information content (AvgIpc) is 2.86. The van der Waals surface area contributed by atoms with Crippen molar-refractivity contribution in [1.29, 1.82) is 0 Å². The number of hydrogen-bond acceptors (Lipinski definition) is 6. The number of aromatic nitrogens is 2. The Kier molecular flexibility index (Phi) is 8.52. The summed E-state index contributed by atoms with van der Waals surface area (Å²) in [6.07, 6.45) is 0.747. The lowest BCUT2D eigenvalue weighted by molar-refractivity contribution is -0.121. The Morgan fingerprint density at radius 3 is 2.19 bits per heavy atom. The number of fused-ring (bicyclic) bond motifs is 1. The van der Waals surface area contributed by atoms with Crippen LogP contribution in [0.4, 0.5) is 0 Å². The number of hydrogen-bond donors (Lipinski definition) is 2. The molecule has 3 rings (SSSR count). The fourth-order valence-corrected chi connectivity index (χ4v) is 3.79. The van der Waals surface area contributed by atoms with Gasteiger partial charge in [-0.1, -0.05) is 19.1 Å². The maximum Gasteiger partial charge on any atom is 0.332 e. The van der Waals surface area contributed by atoms with E-state index in [9.17, 15) is 19.2 Å². The molecule has 2 N–H and O–H groups in total. The second-order valence-electron chi connectivity index (χ2n) is 8.66. The molecule has 3 aromatic rings. The Labute approximate surface area is 208 Å². The highest BCUT2D eigenvalue weighted by Gasteiger charge is 2.19. The predicted molar refractivity (Wildman–Crippen MR) is 137 cm³/mol. The van der Waals surface area contributed by atoms with Gasteiger partial charge in [-0.25, -0.2) is 4.79 Å². The molecule has 36 heavy (non-hydrogen) atoms. The van der Waals surface area contributed by atoms with Crippen LogP contribution < -0.4 is 31.4 Å². The molecule has 10 nitrogen and oxygen atoms in total. The van der Waals surface area contributed by atoms with Crippen LogP contribution in [0, 0.1) is 0 Å². The van der Waals surface area contributed by atoms with Crippen molar-refractivity contribution in [1.82, 2.24) is 19.8 Å². The van der Waals surface area contributed by atoms with Gasteiger partial charge in [-0.3, -0.25) is 23.5 Å². The monoisotopic (exact) mass is 496 g/mol. The zero-order valence-corrected chi connectivity index (χ0v) is 21.2. The third-order valence-corrected chi connectivity index (χ3v) is 5.58. The number of rotatable bonds is 10. The van der Waals surface area contributed by atoms with Crippen LogP contribution in [0.15, 0.2) is 46.0 Å². The van der Waals surface area contributed by atoms with Crippen LogP contribution in [0.1, 0.15) is 43.1 Å². The molecule has 0 saturated carbocycles. The van der Waals surface area contributed by atoms with Crippen molar-refractivity contribution >= 4 is 22.7 Å². The van der Waals surface area contributed by atoms with Gasteiger partial charge >= 0.3 is 5.69 Å². The Bertz CT molecular complexity index is 1370. The molecular formula is C26H32N4O6. The fourth-order valence-electron chi connectivity index (χ4n) is 3.79. The molecule has 1 aromatic heterocycles. The molecule has 0 aliphatic rings. The van der Waals surface area contributed by atoms with Gasteiger partial charge in [0.05, 0.1) is 31.7 Å². The van der Waals surface area contributed by atoms with E-state index >= 15 is 0 Å². The molecule has 2 aromatic carbocycles. The van der Waals surface area contributed by atoms with Gasteiger partial charge in [-0.2, -0.15) is 0 Å². The van der Waals surface area contributed by atoms with Crippen LogP contribution in [0.3, 0.4) is 0 Å². The molecule has 0 radical (unpaired) electrons. The lowest BCUT2D eigenvalue weighted by Gasteiger charge is -2.16. The van der Waals surface area contributed by atoms with Crippen LogP contribution in [-0.2, 0) is 17.9 Å². The summed E-state index contributed by atoms with van der Waals surface area (Å²) in [6, 6.07) is 9.70. The SMILES string of the molecule is CCCNC(=O)Cn1c(=O)n(Cc2ccc(C(=O)NC(C)C)cc2)c(=O)c2cc(OC)c(OC)cc21. The maximum absolute atomic E-state index is 13.5. The number of amides is 2. The number of carbonyl (C=O) groups is 2. The van der Waals surface area contributed by atoms with Crippen molar-refractivity contribution in [3.63, 3.8) is 0 Å². The Morgan fingerprint density at radius 1 is 0.972 bits per heavy atom. The van der Waals surface area contributed by atoms with Crippen LogP contribution in [0.25, 0.3) is 10.9 Å². The molecule has 0 bridgehead atoms. The number of ether oxygens (including phenoxy) is 2. The van der Waals surface area contributed by atoms with E-state index in [0.717, 1.165) is 11.0 Å². The maximum atomic E-state index is 13.5. The van der Waals surface area contributed by atoms with E-state index < -0.39 is 11.2 Å². The van der Waals surface area contributed by atoms with E-state index in [2.05, 4.69) is 10.6 Å². The van der Waals surface area contributed by atoms with E-state index in [4.69, 9.17) is 9.47 Å². The smallest absolute Gasteiger partial charge is 0.332 e. The third kappa shape index (κ3) is 5.76. The molecule has 0 fully saturated rings. The summed E-state index contributed by atoms with van der Waals surface area (Å²) < 4.78 is 13.0. The first-order valence-corrected chi connectivity index (χ1v) is 11.8. The van der Waals surface area contributed by atoms with E-state index in [1.807, 2.05) is 20.8 Å². The second-order valence-corrected chi connectivity index (χ2v) is 8.66. The molecule has 0 spiro atoms. The summed E-state index contributed by atoms with van der Waals surface area (Å²) in [7, 11) is 2.90. The first kappa shape index (κ1) is 26.5. The lowest BCUT2D eigenvalue weighted by Crippen LogP contribution is -2.43. The zero-order valence-electron chi connectivity index (χ0n) is 21.2. The van der Waals surface area contributed by atoms with Gasteiger partial charge in [0, 0.05) is 24.2 Å². The van der Waals surface area contributed by atoms with E-state index in [0.29, 0.717) is 29.2 Å². The van der Waals surface area contributed by atoms with Crippen molar-refractivity contribution < 1.29 is 19.1 Å². The molecule has 0 unspecified atom stereocenters. The Hall–Kier alpha value is -4.08. The minimum atomic E-state index is -0.631. The highest BCUT2D eigenvalue weighted by atomic mass is 16.5. The van der Waals surface area contributed by atoms with Crippen molar-refractivity contribution in [2.45, 2.75) is 46.3 Å². The summed E-state index contributed by atoms with van der Waals surface area (Å²) in [5, 5.41) is 5.79. The number of methoxy groups -OCH3 is 2. The number of carbonyl (C=O) groups excluding carboxylic acids is 2. The lowest BCUT2D eigenvalue weighted by atomic mass is 10.1. The minimum Gasteiger partial charge on any atom is -0.493 e. The predicted octanol–water partition coefficient (Wildman–Crippen LogP) is 1.89. The quantitative estimate of drug-likeness (QED) is 0.442. The molecule has 2 amide bonds. The molecule has 0 atom stereocenters. The third-order valence-electron chi connectivity index (χ3n) is 5.58.